The average molecular weight is 311 g/mol. The van der Waals surface area contributed by atoms with Crippen LogP contribution in [0, 0.1) is 13.8 Å². The lowest BCUT2D eigenvalue weighted by Crippen LogP contribution is -2.14. The molecule has 106 valence electrons. The monoisotopic (exact) mass is 310 g/mol. The van der Waals surface area contributed by atoms with Crippen molar-refractivity contribution < 1.29 is 8.42 Å². The van der Waals surface area contributed by atoms with E-state index in [0.717, 1.165) is 5.56 Å². The van der Waals surface area contributed by atoms with E-state index in [9.17, 15) is 8.42 Å². The summed E-state index contributed by atoms with van der Waals surface area (Å²) < 4.78 is 27.2. The highest BCUT2D eigenvalue weighted by Gasteiger charge is 2.18. The highest BCUT2D eigenvalue weighted by Crippen LogP contribution is 2.25. The molecule has 20 heavy (non-hydrogen) atoms. The molecule has 0 aromatic heterocycles. The van der Waals surface area contributed by atoms with Gasteiger partial charge in [0.1, 0.15) is 0 Å². The van der Waals surface area contributed by atoms with E-state index >= 15 is 0 Å². The van der Waals surface area contributed by atoms with Gasteiger partial charge < -0.3 is 5.73 Å². The Morgan fingerprint density at radius 3 is 2.50 bits per heavy atom. The van der Waals surface area contributed by atoms with E-state index in [2.05, 4.69) is 4.72 Å². The summed E-state index contributed by atoms with van der Waals surface area (Å²) in [6.45, 7) is 3.52. The van der Waals surface area contributed by atoms with Crippen molar-refractivity contribution in [3.63, 3.8) is 0 Å². The highest BCUT2D eigenvalue weighted by atomic mass is 35.5. The van der Waals surface area contributed by atoms with E-state index in [1.165, 1.54) is 6.07 Å². The fourth-order valence-corrected chi connectivity index (χ4v) is 3.34. The van der Waals surface area contributed by atoms with Crippen molar-refractivity contribution in [2.75, 3.05) is 10.5 Å². The zero-order valence-electron chi connectivity index (χ0n) is 11.1. The quantitative estimate of drug-likeness (QED) is 0.854. The van der Waals surface area contributed by atoms with E-state index in [1.54, 1.807) is 37.3 Å². The molecule has 0 aliphatic rings. The van der Waals surface area contributed by atoms with Crippen LogP contribution in [-0.4, -0.2) is 8.42 Å². The van der Waals surface area contributed by atoms with E-state index in [-0.39, 0.29) is 4.90 Å². The Hall–Kier alpha value is -1.72. The third kappa shape index (κ3) is 2.89. The molecule has 0 unspecified atom stereocenters. The van der Waals surface area contributed by atoms with Gasteiger partial charge in [0, 0.05) is 10.7 Å². The SMILES string of the molecule is Cc1ccc(NS(=O)(=O)c2cccc(Cl)c2C)cc1N. The first-order valence-electron chi connectivity index (χ1n) is 5.95. The summed E-state index contributed by atoms with van der Waals surface area (Å²) in [5, 5.41) is 0.413. The number of nitrogens with one attached hydrogen (secondary N) is 1. The Balaban J connectivity index is 2.41. The van der Waals surface area contributed by atoms with Crippen LogP contribution in [0.25, 0.3) is 0 Å². The molecular weight excluding hydrogens is 296 g/mol. The number of rotatable bonds is 3. The third-order valence-corrected chi connectivity index (χ3v) is 4.97. The van der Waals surface area contributed by atoms with Crippen LogP contribution in [0.4, 0.5) is 11.4 Å². The Morgan fingerprint density at radius 1 is 1.15 bits per heavy atom. The largest absolute Gasteiger partial charge is 0.398 e. The van der Waals surface area contributed by atoms with Crippen molar-refractivity contribution in [3.05, 3.63) is 52.5 Å². The Morgan fingerprint density at radius 2 is 1.85 bits per heavy atom. The molecular formula is C14H15ClN2O2S. The minimum Gasteiger partial charge on any atom is -0.398 e. The summed E-state index contributed by atoms with van der Waals surface area (Å²) in [6.07, 6.45) is 0. The first kappa shape index (κ1) is 14.7. The molecule has 0 fully saturated rings. The zero-order valence-corrected chi connectivity index (χ0v) is 12.7. The van der Waals surface area contributed by atoms with E-state index in [1.807, 2.05) is 6.92 Å². The molecule has 2 rings (SSSR count). The van der Waals surface area contributed by atoms with Crippen molar-refractivity contribution in [2.45, 2.75) is 18.7 Å². The van der Waals surface area contributed by atoms with Gasteiger partial charge in [-0.2, -0.15) is 0 Å². The first-order valence-corrected chi connectivity index (χ1v) is 7.81. The number of anilines is 2. The van der Waals surface area contributed by atoms with E-state index in [4.69, 9.17) is 17.3 Å². The molecule has 4 nitrogen and oxygen atoms in total. The van der Waals surface area contributed by atoms with E-state index < -0.39 is 10.0 Å². The van der Waals surface area contributed by atoms with Crippen molar-refractivity contribution in [3.8, 4) is 0 Å². The fraction of sp³-hybridized carbons (Fsp3) is 0.143. The fourth-order valence-electron chi connectivity index (χ4n) is 1.79. The topological polar surface area (TPSA) is 72.2 Å². The van der Waals surface area contributed by atoms with Gasteiger partial charge in [0.15, 0.2) is 0 Å². The van der Waals surface area contributed by atoms with Crippen LogP contribution < -0.4 is 10.5 Å². The van der Waals surface area contributed by atoms with Gasteiger partial charge in [-0.1, -0.05) is 23.7 Å². The van der Waals surface area contributed by atoms with Crippen LogP contribution >= 0.6 is 11.6 Å². The third-order valence-electron chi connectivity index (χ3n) is 3.04. The summed E-state index contributed by atoms with van der Waals surface area (Å²) in [5.41, 5.74) is 8.15. The molecule has 2 aromatic rings. The zero-order chi connectivity index (χ0) is 14.9. The predicted molar refractivity (Wildman–Crippen MR) is 82.6 cm³/mol. The molecule has 0 saturated heterocycles. The lowest BCUT2D eigenvalue weighted by Gasteiger charge is -2.12. The highest BCUT2D eigenvalue weighted by molar-refractivity contribution is 7.92. The van der Waals surface area contributed by atoms with Crippen LogP contribution in [0.1, 0.15) is 11.1 Å². The molecule has 6 heteroatoms. The molecule has 0 amide bonds. The normalized spacial score (nSPS) is 11.3. The van der Waals surface area contributed by atoms with Gasteiger partial charge in [0.05, 0.1) is 10.6 Å². The molecule has 0 spiro atoms. The number of halogens is 1. The molecule has 0 aliphatic heterocycles. The summed E-state index contributed by atoms with van der Waals surface area (Å²) in [6, 6.07) is 9.79. The van der Waals surface area contributed by atoms with Gasteiger partial charge in [0.2, 0.25) is 0 Å². The van der Waals surface area contributed by atoms with Crippen LogP contribution in [0.2, 0.25) is 5.02 Å². The molecule has 3 N–H and O–H groups in total. The number of hydrogen-bond acceptors (Lipinski definition) is 3. The maximum absolute atomic E-state index is 12.4. The maximum atomic E-state index is 12.4. The lowest BCUT2D eigenvalue weighted by molar-refractivity contribution is 0.600. The van der Waals surface area contributed by atoms with Gasteiger partial charge in [-0.15, -0.1) is 0 Å². The number of sulfonamides is 1. The molecule has 0 atom stereocenters. The smallest absolute Gasteiger partial charge is 0.262 e. The average Bonchev–Trinajstić information content (AvgIpc) is 2.36. The number of hydrogen-bond donors (Lipinski definition) is 2. The number of aryl methyl sites for hydroxylation is 1. The van der Waals surface area contributed by atoms with Crippen LogP contribution in [0.15, 0.2) is 41.3 Å². The molecule has 0 heterocycles. The Labute approximate surface area is 123 Å². The molecule has 0 saturated carbocycles. The summed E-state index contributed by atoms with van der Waals surface area (Å²) in [5.74, 6) is 0. The number of nitrogen functional groups attached to an aromatic ring is 1. The minimum absolute atomic E-state index is 0.157. The predicted octanol–water partition coefficient (Wildman–Crippen LogP) is 3.34. The Bertz CT molecular complexity index is 758. The second-order valence-corrected chi connectivity index (χ2v) is 6.60. The summed E-state index contributed by atoms with van der Waals surface area (Å²) in [4.78, 5) is 0.157. The van der Waals surface area contributed by atoms with Gasteiger partial charge in [-0.3, -0.25) is 4.72 Å². The summed E-state index contributed by atoms with van der Waals surface area (Å²) in [7, 11) is -3.69. The molecule has 0 radical (unpaired) electrons. The number of benzene rings is 2. The second kappa shape index (κ2) is 5.34. The van der Waals surface area contributed by atoms with Gasteiger partial charge in [0.25, 0.3) is 10.0 Å². The second-order valence-electron chi connectivity index (χ2n) is 4.54. The van der Waals surface area contributed by atoms with Crippen molar-refractivity contribution in [2.24, 2.45) is 0 Å². The van der Waals surface area contributed by atoms with Crippen molar-refractivity contribution in [1.82, 2.24) is 0 Å². The summed E-state index contributed by atoms with van der Waals surface area (Å²) >= 11 is 5.96. The van der Waals surface area contributed by atoms with Crippen molar-refractivity contribution in [1.29, 1.82) is 0 Å². The first-order chi connectivity index (χ1) is 9.31. The van der Waals surface area contributed by atoms with Crippen LogP contribution in [-0.2, 0) is 10.0 Å². The standard InChI is InChI=1S/C14H15ClN2O2S/c1-9-6-7-11(8-13(9)16)17-20(18,19)14-5-3-4-12(15)10(14)2/h3-8,17H,16H2,1-2H3. The van der Waals surface area contributed by atoms with Crippen LogP contribution in [0.5, 0.6) is 0 Å². The van der Waals surface area contributed by atoms with Crippen LogP contribution in [0.3, 0.4) is 0 Å². The number of nitrogens with two attached hydrogens (primary N) is 1. The van der Waals surface area contributed by atoms with Gasteiger partial charge in [-0.05, 0) is 49.2 Å². The van der Waals surface area contributed by atoms with E-state index in [0.29, 0.717) is 22.0 Å². The van der Waals surface area contributed by atoms with Gasteiger partial charge in [-0.25, -0.2) is 8.42 Å². The molecule has 0 bridgehead atoms. The van der Waals surface area contributed by atoms with Crippen molar-refractivity contribution >= 4 is 33.0 Å². The minimum atomic E-state index is -3.69. The molecule has 0 aliphatic carbocycles. The maximum Gasteiger partial charge on any atom is 0.262 e. The molecule has 2 aromatic carbocycles. The Kier molecular flexibility index (Phi) is 3.92. The lowest BCUT2D eigenvalue weighted by atomic mass is 10.2. The van der Waals surface area contributed by atoms with Gasteiger partial charge >= 0.3 is 0 Å².